The monoisotopic (exact) mass is 452 g/mol. The van der Waals surface area contributed by atoms with Crippen molar-refractivity contribution in [1.82, 2.24) is 0 Å². The fraction of sp³-hybridized carbons (Fsp3) is 0.0714. The number of fused-ring (bicyclic) bond motifs is 1. The van der Waals surface area contributed by atoms with Gasteiger partial charge in [0.2, 0.25) is 0 Å². The molecular formula is C28H21FN2O3. The highest BCUT2D eigenvalue weighted by Gasteiger charge is 2.41. The zero-order chi connectivity index (χ0) is 23.7. The highest BCUT2D eigenvalue weighted by molar-refractivity contribution is 6.47. The van der Waals surface area contributed by atoms with Crippen molar-refractivity contribution >= 4 is 39.5 Å². The SMILES string of the molecule is CCOc1ccccc1NC1=C(c2ccc(F)cc2)C(=O)N(c2cccc3ccccc23)C1=O. The number of carbonyl (C=O) groups excluding carboxylic acids is 2. The molecule has 4 aromatic rings. The molecule has 5 nitrogen and oxygen atoms in total. The molecule has 0 bridgehead atoms. The first kappa shape index (κ1) is 21.4. The molecule has 0 aromatic heterocycles. The first-order valence-electron chi connectivity index (χ1n) is 10.9. The van der Waals surface area contributed by atoms with E-state index in [1.54, 1.807) is 18.2 Å². The Kier molecular flexibility index (Phi) is 5.55. The van der Waals surface area contributed by atoms with Crippen LogP contribution >= 0.6 is 0 Å². The van der Waals surface area contributed by atoms with E-state index in [4.69, 9.17) is 4.74 Å². The van der Waals surface area contributed by atoms with Gasteiger partial charge in [-0.25, -0.2) is 9.29 Å². The van der Waals surface area contributed by atoms with E-state index in [0.29, 0.717) is 29.3 Å². The lowest BCUT2D eigenvalue weighted by Gasteiger charge is -2.18. The van der Waals surface area contributed by atoms with E-state index in [-0.39, 0.29) is 11.3 Å². The maximum Gasteiger partial charge on any atom is 0.282 e. The number of imide groups is 1. The number of amides is 2. The second-order valence-electron chi connectivity index (χ2n) is 7.76. The van der Waals surface area contributed by atoms with Crippen LogP contribution in [0, 0.1) is 5.82 Å². The summed E-state index contributed by atoms with van der Waals surface area (Å²) in [4.78, 5) is 28.7. The number of para-hydroxylation sites is 2. The number of benzene rings is 4. The van der Waals surface area contributed by atoms with Crippen LogP contribution in [0.4, 0.5) is 15.8 Å². The summed E-state index contributed by atoms with van der Waals surface area (Å²) in [6, 6.07) is 25.8. The molecule has 0 radical (unpaired) electrons. The molecule has 168 valence electrons. The average molecular weight is 452 g/mol. The molecular weight excluding hydrogens is 431 g/mol. The summed E-state index contributed by atoms with van der Waals surface area (Å²) >= 11 is 0. The van der Waals surface area contributed by atoms with Gasteiger partial charge in [-0.3, -0.25) is 9.59 Å². The van der Waals surface area contributed by atoms with Gasteiger partial charge in [0.15, 0.2) is 0 Å². The van der Waals surface area contributed by atoms with Crippen molar-refractivity contribution in [2.24, 2.45) is 0 Å². The van der Waals surface area contributed by atoms with Gasteiger partial charge in [0.05, 0.1) is 23.6 Å². The van der Waals surface area contributed by atoms with Gasteiger partial charge in [-0.15, -0.1) is 0 Å². The molecule has 5 rings (SSSR count). The first-order chi connectivity index (χ1) is 16.6. The number of carbonyl (C=O) groups is 2. The number of ether oxygens (including phenoxy) is 1. The minimum atomic E-state index is -0.494. The van der Waals surface area contributed by atoms with Crippen LogP contribution in [-0.2, 0) is 9.59 Å². The molecule has 1 aliphatic heterocycles. The number of halogens is 1. The molecule has 4 aromatic carbocycles. The molecule has 6 heteroatoms. The minimum absolute atomic E-state index is 0.108. The molecule has 1 N–H and O–H groups in total. The van der Waals surface area contributed by atoms with Crippen molar-refractivity contribution in [2.75, 3.05) is 16.8 Å². The highest BCUT2D eigenvalue weighted by atomic mass is 19.1. The molecule has 0 atom stereocenters. The van der Waals surface area contributed by atoms with E-state index in [1.165, 1.54) is 29.2 Å². The maximum atomic E-state index is 13.8. The van der Waals surface area contributed by atoms with Crippen LogP contribution in [0.3, 0.4) is 0 Å². The molecule has 0 spiro atoms. The Hall–Kier alpha value is -4.45. The summed E-state index contributed by atoms with van der Waals surface area (Å²) in [5, 5.41) is 4.82. The van der Waals surface area contributed by atoms with E-state index in [1.807, 2.05) is 55.5 Å². The smallest absolute Gasteiger partial charge is 0.282 e. The van der Waals surface area contributed by atoms with Crippen molar-refractivity contribution in [2.45, 2.75) is 6.92 Å². The zero-order valence-electron chi connectivity index (χ0n) is 18.4. The van der Waals surface area contributed by atoms with Gasteiger partial charge in [0, 0.05) is 5.39 Å². The topological polar surface area (TPSA) is 58.6 Å². The fourth-order valence-corrected chi connectivity index (χ4v) is 4.14. The molecule has 0 fully saturated rings. The summed E-state index contributed by atoms with van der Waals surface area (Å²) < 4.78 is 19.3. The van der Waals surface area contributed by atoms with Crippen LogP contribution in [0.15, 0.2) is 96.7 Å². The average Bonchev–Trinajstić information content (AvgIpc) is 3.10. The third-order valence-electron chi connectivity index (χ3n) is 5.67. The summed E-state index contributed by atoms with van der Waals surface area (Å²) in [5.41, 5.74) is 1.77. The van der Waals surface area contributed by atoms with Gasteiger partial charge in [-0.1, -0.05) is 60.7 Å². The fourth-order valence-electron chi connectivity index (χ4n) is 4.14. The van der Waals surface area contributed by atoms with Crippen molar-refractivity contribution in [1.29, 1.82) is 0 Å². The predicted molar refractivity (Wildman–Crippen MR) is 131 cm³/mol. The van der Waals surface area contributed by atoms with Crippen LogP contribution in [0.2, 0.25) is 0 Å². The Morgan fingerprint density at radius 3 is 2.32 bits per heavy atom. The maximum absolute atomic E-state index is 13.8. The molecule has 2 amide bonds. The molecule has 1 heterocycles. The number of nitrogens with one attached hydrogen (secondary N) is 1. The largest absolute Gasteiger partial charge is 0.492 e. The predicted octanol–water partition coefficient (Wildman–Crippen LogP) is 5.77. The van der Waals surface area contributed by atoms with E-state index >= 15 is 0 Å². The standard InChI is InChI=1S/C28H21FN2O3/c1-2-34-24-13-6-5-11-22(24)30-26-25(19-14-16-20(29)17-15-19)27(32)31(28(26)33)23-12-7-9-18-8-3-4-10-21(18)23/h3-17,30H,2H2,1H3. The summed E-state index contributed by atoms with van der Waals surface area (Å²) in [7, 11) is 0. The summed E-state index contributed by atoms with van der Waals surface area (Å²) in [5.74, 6) is -0.848. The molecule has 1 aliphatic rings. The number of hydrogen-bond acceptors (Lipinski definition) is 4. The van der Waals surface area contributed by atoms with Gasteiger partial charge in [-0.2, -0.15) is 0 Å². The highest BCUT2D eigenvalue weighted by Crippen LogP contribution is 2.38. The van der Waals surface area contributed by atoms with Crippen molar-refractivity contribution in [3.8, 4) is 5.75 Å². The van der Waals surface area contributed by atoms with E-state index < -0.39 is 17.6 Å². The third kappa shape index (κ3) is 3.69. The van der Waals surface area contributed by atoms with Crippen molar-refractivity contribution < 1.29 is 18.7 Å². The lowest BCUT2D eigenvalue weighted by molar-refractivity contribution is -0.120. The van der Waals surface area contributed by atoms with Crippen LogP contribution in [0.1, 0.15) is 12.5 Å². The normalized spacial score (nSPS) is 13.6. The molecule has 0 aliphatic carbocycles. The Balaban J connectivity index is 1.66. The molecule has 0 unspecified atom stereocenters. The van der Waals surface area contributed by atoms with Crippen molar-refractivity contribution in [3.63, 3.8) is 0 Å². The van der Waals surface area contributed by atoms with E-state index in [9.17, 15) is 14.0 Å². The lowest BCUT2D eigenvalue weighted by atomic mass is 10.0. The van der Waals surface area contributed by atoms with Gasteiger partial charge < -0.3 is 10.1 Å². The number of nitrogens with zero attached hydrogens (tertiary/aromatic N) is 1. The summed E-state index contributed by atoms with van der Waals surface area (Å²) in [6.07, 6.45) is 0. The van der Waals surface area contributed by atoms with Crippen LogP contribution in [0.5, 0.6) is 5.75 Å². The Morgan fingerprint density at radius 2 is 1.53 bits per heavy atom. The minimum Gasteiger partial charge on any atom is -0.492 e. The van der Waals surface area contributed by atoms with Gasteiger partial charge in [0.25, 0.3) is 11.8 Å². The van der Waals surface area contributed by atoms with Crippen LogP contribution in [0.25, 0.3) is 16.3 Å². The molecule has 34 heavy (non-hydrogen) atoms. The van der Waals surface area contributed by atoms with Crippen LogP contribution in [-0.4, -0.2) is 18.4 Å². The van der Waals surface area contributed by atoms with Gasteiger partial charge in [-0.05, 0) is 48.2 Å². The van der Waals surface area contributed by atoms with Crippen LogP contribution < -0.4 is 15.0 Å². The molecule has 0 saturated heterocycles. The number of hydrogen-bond donors (Lipinski definition) is 1. The van der Waals surface area contributed by atoms with Crippen molar-refractivity contribution in [3.05, 3.63) is 108 Å². The lowest BCUT2D eigenvalue weighted by Crippen LogP contribution is -2.32. The zero-order valence-corrected chi connectivity index (χ0v) is 18.4. The number of anilines is 2. The Labute approximate surface area is 196 Å². The van der Waals surface area contributed by atoms with Gasteiger partial charge >= 0.3 is 0 Å². The molecule has 0 saturated carbocycles. The number of rotatable bonds is 6. The third-order valence-corrected chi connectivity index (χ3v) is 5.67. The second kappa shape index (κ2) is 8.83. The Bertz CT molecular complexity index is 1440. The quantitative estimate of drug-likeness (QED) is 0.377. The first-order valence-corrected chi connectivity index (χ1v) is 10.9. The second-order valence-corrected chi connectivity index (χ2v) is 7.76. The van der Waals surface area contributed by atoms with Gasteiger partial charge in [0.1, 0.15) is 17.3 Å². The summed E-state index contributed by atoms with van der Waals surface area (Å²) in [6.45, 7) is 2.31. The van der Waals surface area contributed by atoms with E-state index in [2.05, 4.69) is 5.32 Å². The Morgan fingerprint density at radius 1 is 0.824 bits per heavy atom. The van der Waals surface area contributed by atoms with E-state index in [0.717, 1.165) is 10.8 Å².